The number of ether oxygens (including phenoxy) is 1. The average molecular weight is 414 g/mol. The zero-order valence-electron chi connectivity index (χ0n) is 17.1. The van der Waals surface area contributed by atoms with Gasteiger partial charge in [-0.05, 0) is 37.6 Å². The second-order valence-corrected chi connectivity index (χ2v) is 7.04. The number of para-hydroxylation sites is 2. The fraction of sp³-hybridized carbons (Fsp3) is 0.167. The zero-order valence-corrected chi connectivity index (χ0v) is 17.1. The molecule has 0 saturated heterocycles. The van der Waals surface area contributed by atoms with E-state index in [2.05, 4.69) is 15.4 Å². The first-order chi connectivity index (χ1) is 15.1. The third-order valence-electron chi connectivity index (χ3n) is 4.78. The van der Waals surface area contributed by atoms with E-state index in [1.54, 1.807) is 17.8 Å². The van der Waals surface area contributed by atoms with E-state index in [9.17, 15) is 9.59 Å². The number of amides is 1. The van der Waals surface area contributed by atoms with E-state index in [0.29, 0.717) is 31.0 Å². The standard InChI is InChI=1S/C24H22N4O3/c1-17-16-20(29)23(27-28(17)19-10-3-2-4-11-19)24(30)26-14-7-15-31-21-12-5-8-18-9-6-13-25-22(18)21/h2-6,8-13,16H,7,14-15H2,1H3,(H,26,30). The Bertz CT molecular complexity index is 1260. The summed E-state index contributed by atoms with van der Waals surface area (Å²) in [6.07, 6.45) is 2.31. The Labute approximate surface area is 179 Å². The molecule has 0 unspecified atom stereocenters. The largest absolute Gasteiger partial charge is 0.491 e. The quantitative estimate of drug-likeness (QED) is 0.469. The van der Waals surface area contributed by atoms with E-state index in [1.807, 2.05) is 60.7 Å². The Balaban J connectivity index is 1.36. The van der Waals surface area contributed by atoms with Crippen LogP contribution in [0.3, 0.4) is 0 Å². The van der Waals surface area contributed by atoms with Crippen LogP contribution < -0.4 is 15.5 Å². The summed E-state index contributed by atoms with van der Waals surface area (Å²) >= 11 is 0. The van der Waals surface area contributed by atoms with Crippen molar-refractivity contribution in [3.8, 4) is 11.4 Å². The normalized spacial score (nSPS) is 10.7. The van der Waals surface area contributed by atoms with Gasteiger partial charge in [0.2, 0.25) is 5.43 Å². The molecule has 0 aliphatic heterocycles. The van der Waals surface area contributed by atoms with Gasteiger partial charge in [-0.2, -0.15) is 5.10 Å². The second-order valence-electron chi connectivity index (χ2n) is 7.04. The van der Waals surface area contributed by atoms with E-state index in [1.165, 1.54) is 6.07 Å². The highest BCUT2D eigenvalue weighted by atomic mass is 16.5. The summed E-state index contributed by atoms with van der Waals surface area (Å²) in [4.78, 5) is 29.2. The monoisotopic (exact) mass is 414 g/mol. The van der Waals surface area contributed by atoms with Crippen LogP contribution in [0.5, 0.6) is 5.75 Å². The molecule has 0 fully saturated rings. The van der Waals surface area contributed by atoms with Crippen LogP contribution in [0, 0.1) is 6.92 Å². The number of hydrogen-bond acceptors (Lipinski definition) is 5. The molecule has 0 spiro atoms. The molecule has 1 N–H and O–H groups in total. The second kappa shape index (κ2) is 9.21. The molecule has 0 atom stereocenters. The van der Waals surface area contributed by atoms with Crippen molar-refractivity contribution in [1.29, 1.82) is 0 Å². The Hall–Kier alpha value is -4.00. The Kier molecular flexibility index (Phi) is 6.03. The van der Waals surface area contributed by atoms with Crippen molar-refractivity contribution in [1.82, 2.24) is 20.1 Å². The number of carbonyl (C=O) groups excluding carboxylic acids is 1. The van der Waals surface area contributed by atoms with Crippen molar-refractivity contribution >= 4 is 16.8 Å². The fourth-order valence-electron chi connectivity index (χ4n) is 3.27. The number of benzene rings is 2. The minimum absolute atomic E-state index is 0.131. The van der Waals surface area contributed by atoms with E-state index >= 15 is 0 Å². The van der Waals surface area contributed by atoms with Crippen molar-refractivity contribution in [3.05, 3.63) is 94.5 Å². The fourth-order valence-corrected chi connectivity index (χ4v) is 3.27. The van der Waals surface area contributed by atoms with Crippen molar-refractivity contribution in [3.63, 3.8) is 0 Å². The highest BCUT2D eigenvalue weighted by Crippen LogP contribution is 2.22. The van der Waals surface area contributed by atoms with Crippen molar-refractivity contribution < 1.29 is 9.53 Å². The lowest BCUT2D eigenvalue weighted by molar-refractivity contribution is 0.0943. The highest BCUT2D eigenvalue weighted by molar-refractivity contribution is 5.92. The highest BCUT2D eigenvalue weighted by Gasteiger charge is 2.15. The van der Waals surface area contributed by atoms with Gasteiger partial charge in [0.05, 0.1) is 12.3 Å². The molecule has 7 nitrogen and oxygen atoms in total. The number of aryl methyl sites for hydroxylation is 1. The summed E-state index contributed by atoms with van der Waals surface area (Å²) in [5.74, 6) is 0.205. The van der Waals surface area contributed by atoms with Crippen molar-refractivity contribution in [2.24, 2.45) is 0 Å². The molecule has 31 heavy (non-hydrogen) atoms. The Morgan fingerprint density at radius 2 is 1.87 bits per heavy atom. The molecule has 0 radical (unpaired) electrons. The summed E-state index contributed by atoms with van der Waals surface area (Å²) in [5, 5.41) is 8.03. The van der Waals surface area contributed by atoms with Gasteiger partial charge in [0.25, 0.3) is 5.91 Å². The van der Waals surface area contributed by atoms with Crippen LogP contribution in [0.1, 0.15) is 22.6 Å². The molecule has 0 aliphatic rings. The molecule has 4 aromatic rings. The van der Waals surface area contributed by atoms with E-state index in [4.69, 9.17) is 4.74 Å². The van der Waals surface area contributed by atoms with Gasteiger partial charge in [0, 0.05) is 29.9 Å². The smallest absolute Gasteiger partial charge is 0.275 e. The molecular weight excluding hydrogens is 392 g/mol. The van der Waals surface area contributed by atoms with Crippen molar-refractivity contribution in [2.45, 2.75) is 13.3 Å². The molecule has 4 rings (SSSR count). The molecule has 2 aromatic heterocycles. The van der Waals surface area contributed by atoms with Crippen LogP contribution in [0.25, 0.3) is 16.6 Å². The molecular formula is C24H22N4O3. The number of fused-ring (bicyclic) bond motifs is 1. The van der Waals surface area contributed by atoms with E-state index < -0.39 is 11.3 Å². The number of hydrogen-bond donors (Lipinski definition) is 1. The molecule has 0 bridgehead atoms. The third kappa shape index (κ3) is 4.61. The average Bonchev–Trinajstić information content (AvgIpc) is 2.79. The maximum atomic E-state index is 12.5. The Morgan fingerprint density at radius 1 is 1.06 bits per heavy atom. The van der Waals surface area contributed by atoms with Crippen LogP contribution in [0.2, 0.25) is 0 Å². The maximum absolute atomic E-state index is 12.5. The van der Waals surface area contributed by atoms with Crippen LogP contribution in [-0.4, -0.2) is 33.8 Å². The predicted molar refractivity (Wildman–Crippen MR) is 119 cm³/mol. The molecule has 2 aromatic carbocycles. The molecule has 0 saturated carbocycles. The molecule has 1 amide bonds. The first-order valence-corrected chi connectivity index (χ1v) is 10.0. The third-order valence-corrected chi connectivity index (χ3v) is 4.78. The molecule has 7 heteroatoms. The van der Waals surface area contributed by atoms with Crippen LogP contribution in [0.4, 0.5) is 0 Å². The lowest BCUT2D eigenvalue weighted by Gasteiger charge is -2.11. The lowest BCUT2D eigenvalue weighted by Crippen LogP contribution is -2.33. The first-order valence-electron chi connectivity index (χ1n) is 10.0. The van der Waals surface area contributed by atoms with Gasteiger partial charge in [-0.1, -0.05) is 36.4 Å². The van der Waals surface area contributed by atoms with Gasteiger partial charge in [0.15, 0.2) is 5.69 Å². The van der Waals surface area contributed by atoms with Crippen LogP contribution >= 0.6 is 0 Å². The molecule has 156 valence electrons. The number of nitrogens with zero attached hydrogens (tertiary/aromatic N) is 3. The first kappa shape index (κ1) is 20.3. The van der Waals surface area contributed by atoms with Gasteiger partial charge >= 0.3 is 0 Å². The number of carbonyl (C=O) groups is 1. The van der Waals surface area contributed by atoms with Gasteiger partial charge in [0.1, 0.15) is 11.3 Å². The summed E-state index contributed by atoms with van der Waals surface area (Å²) in [7, 11) is 0. The van der Waals surface area contributed by atoms with E-state index in [0.717, 1.165) is 16.6 Å². The lowest BCUT2D eigenvalue weighted by atomic mass is 10.2. The number of nitrogens with one attached hydrogen (secondary N) is 1. The van der Waals surface area contributed by atoms with Gasteiger partial charge < -0.3 is 10.1 Å². The van der Waals surface area contributed by atoms with E-state index in [-0.39, 0.29) is 5.69 Å². The van der Waals surface area contributed by atoms with Crippen LogP contribution in [0.15, 0.2) is 77.7 Å². The van der Waals surface area contributed by atoms with Crippen molar-refractivity contribution in [2.75, 3.05) is 13.2 Å². The Morgan fingerprint density at radius 3 is 2.71 bits per heavy atom. The topological polar surface area (TPSA) is 86.1 Å². The number of aromatic nitrogens is 3. The van der Waals surface area contributed by atoms with Gasteiger partial charge in [-0.3, -0.25) is 14.6 Å². The number of pyridine rings is 1. The summed E-state index contributed by atoms with van der Waals surface area (Å²) in [6, 6.07) is 20.4. The molecule has 2 heterocycles. The predicted octanol–water partition coefficient (Wildman–Crippen LogP) is 3.29. The molecule has 0 aliphatic carbocycles. The van der Waals surface area contributed by atoms with Gasteiger partial charge in [-0.15, -0.1) is 0 Å². The SMILES string of the molecule is Cc1cc(=O)c(C(=O)NCCCOc2cccc3cccnc23)nn1-c1ccccc1. The summed E-state index contributed by atoms with van der Waals surface area (Å²) < 4.78 is 7.42. The zero-order chi connectivity index (χ0) is 21.6. The van der Waals surface area contributed by atoms with Gasteiger partial charge in [-0.25, -0.2) is 4.68 Å². The van der Waals surface area contributed by atoms with Crippen LogP contribution in [-0.2, 0) is 0 Å². The minimum atomic E-state index is -0.499. The summed E-state index contributed by atoms with van der Waals surface area (Å²) in [6.45, 7) is 2.55. The minimum Gasteiger partial charge on any atom is -0.491 e. The maximum Gasteiger partial charge on any atom is 0.275 e. The number of rotatable bonds is 7. The summed E-state index contributed by atoms with van der Waals surface area (Å²) in [5.41, 5.74) is 1.71.